The minimum Gasteiger partial charge on any atom is -0.200 e. The van der Waals surface area contributed by atoms with Crippen LogP contribution in [0.25, 0.3) is 32.8 Å². The van der Waals surface area contributed by atoms with Crippen molar-refractivity contribution in [3.05, 3.63) is 65.9 Å². The van der Waals surface area contributed by atoms with Crippen molar-refractivity contribution in [1.82, 2.24) is 0 Å². The van der Waals surface area contributed by atoms with E-state index in [-0.39, 0.29) is 0 Å². The van der Waals surface area contributed by atoms with Gasteiger partial charge in [0.05, 0.1) is 10.9 Å². The molecule has 2 heterocycles. The molecule has 5 rings (SSSR count). The lowest BCUT2D eigenvalue weighted by molar-refractivity contribution is -0.659. The molecule has 0 saturated heterocycles. The summed E-state index contributed by atoms with van der Waals surface area (Å²) in [4.78, 5) is 2.77. The van der Waals surface area contributed by atoms with Gasteiger partial charge >= 0.3 is 0 Å². The summed E-state index contributed by atoms with van der Waals surface area (Å²) < 4.78 is 2.28. The standard InChI is InChI=1S/C22H18NS/c1-13-16-8-4-5-9-17(16)14(2)22-19(13)21-20-15(11-12-23(21)3)7-6-10-18(20)24-22/h4-12H,1-3H3/q+1. The monoisotopic (exact) mass is 328 g/mol. The molecule has 0 unspecified atom stereocenters. The van der Waals surface area contributed by atoms with E-state index < -0.39 is 0 Å². The molecule has 4 aromatic rings. The van der Waals surface area contributed by atoms with Gasteiger partial charge in [0.25, 0.3) is 0 Å². The topological polar surface area (TPSA) is 3.88 Å². The zero-order valence-electron chi connectivity index (χ0n) is 14.1. The van der Waals surface area contributed by atoms with Crippen molar-refractivity contribution >= 4 is 33.3 Å². The predicted molar refractivity (Wildman–Crippen MR) is 102 cm³/mol. The molecule has 0 fully saturated rings. The first kappa shape index (κ1) is 14.1. The molecule has 2 heteroatoms. The van der Waals surface area contributed by atoms with Crippen molar-refractivity contribution in [2.75, 3.05) is 0 Å². The van der Waals surface area contributed by atoms with Gasteiger partial charge in [0, 0.05) is 15.9 Å². The number of rotatable bonds is 0. The number of aromatic nitrogens is 1. The molecule has 0 N–H and O–H groups in total. The molecule has 0 radical (unpaired) electrons. The number of hydrogen-bond donors (Lipinski definition) is 0. The van der Waals surface area contributed by atoms with Gasteiger partial charge in [-0.1, -0.05) is 48.2 Å². The Labute approximate surface area is 145 Å². The number of pyridine rings is 1. The van der Waals surface area contributed by atoms with Gasteiger partial charge in [-0.25, -0.2) is 4.57 Å². The van der Waals surface area contributed by atoms with Crippen LogP contribution in [-0.4, -0.2) is 0 Å². The first-order valence-corrected chi connectivity index (χ1v) is 9.10. The Morgan fingerprint density at radius 3 is 2.38 bits per heavy atom. The third-order valence-electron chi connectivity index (χ3n) is 5.25. The average molecular weight is 328 g/mol. The van der Waals surface area contributed by atoms with Crippen molar-refractivity contribution in [1.29, 1.82) is 0 Å². The minimum absolute atomic E-state index is 1.32. The van der Waals surface area contributed by atoms with Crippen molar-refractivity contribution in [3.8, 4) is 11.3 Å². The second-order valence-electron chi connectivity index (χ2n) is 6.60. The Kier molecular flexibility index (Phi) is 2.84. The van der Waals surface area contributed by atoms with E-state index in [9.17, 15) is 0 Å². The first-order valence-electron chi connectivity index (χ1n) is 8.28. The van der Waals surface area contributed by atoms with E-state index in [0.29, 0.717) is 0 Å². The molecule has 1 aliphatic heterocycles. The number of benzene rings is 3. The lowest BCUT2D eigenvalue weighted by Crippen LogP contribution is -2.31. The van der Waals surface area contributed by atoms with Crippen LogP contribution >= 0.6 is 11.8 Å². The summed E-state index contributed by atoms with van der Waals surface area (Å²) >= 11 is 1.93. The average Bonchev–Trinajstić information content (AvgIpc) is 2.62. The van der Waals surface area contributed by atoms with Gasteiger partial charge in [-0.2, -0.15) is 0 Å². The largest absolute Gasteiger partial charge is 0.222 e. The molecule has 0 bridgehead atoms. The van der Waals surface area contributed by atoms with Crippen LogP contribution in [0.4, 0.5) is 0 Å². The number of hydrogen-bond acceptors (Lipinski definition) is 1. The van der Waals surface area contributed by atoms with Gasteiger partial charge in [0.1, 0.15) is 7.05 Å². The van der Waals surface area contributed by atoms with Gasteiger partial charge in [-0.05, 0) is 47.2 Å². The van der Waals surface area contributed by atoms with Crippen LogP contribution in [0.1, 0.15) is 11.1 Å². The molecule has 1 aliphatic rings. The summed E-state index contributed by atoms with van der Waals surface area (Å²) in [5.41, 5.74) is 5.53. The van der Waals surface area contributed by atoms with Crippen LogP contribution in [0, 0.1) is 13.8 Å². The van der Waals surface area contributed by atoms with Crippen molar-refractivity contribution in [3.63, 3.8) is 0 Å². The maximum Gasteiger partial charge on any atom is 0.222 e. The summed E-state index contributed by atoms with van der Waals surface area (Å²) in [6.07, 6.45) is 2.19. The van der Waals surface area contributed by atoms with Crippen molar-refractivity contribution in [2.24, 2.45) is 7.05 Å². The molecule has 0 atom stereocenters. The van der Waals surface area contributed by atoms with Gasteiger partial charge in [0.2, 0.25) is 5.69 Å². The highest BCUT2D eigenvalue weighted by atomic mass is 32.2. The van der Waals surface area contributed by atoms with Crippen LogP contribution in [0.5, 0.6) is 0 Å². The Morgan fingerprint density at radius 1 is 0.833 bits per heavy atom. The second kappa shape index (κ2) is 4.84. The van der Waals surface area contributed by atoms with Crippen LogP contribution < -0.4 is 4.57 Å². The number of aryl methyl sites for hydroxylation is 3. The molecule has 3 aromatic carbocycles. The van der Waals surface area contributed by atoms with Gasteiger partial charge in [-0.3, -0.25) is 0 Å². The molecular weight excluding hydrogens is 310 g/mol. The Balaban J connectivity index is 2.06. The van der Waals surface area contributed by atoms with Gasteiger partial charge < -0.3 is 0 Å². The molecule has 0 amide bonds. The lowest BCUT2D eigenvalue weighted by atomic mass is 9.91. The van der Waals surface area contributed by atoms with E-state index >= 15 is 0 Å². The molecule has 0 spiro atoms. The van der Waals surface area contributed by atoms with Crippen LogP contribution in [0.2, 0.25) is 0 Å². The summed E-state index contributed by atoms with van der Waals surface area (Å²) in [5.74, 6) is 0. The number of fused-ring (bicyclic) bond motifs is 3. The van der Waals surface area contributed by atoms with Crippen LogP contribution in [0.15, 0.2) is 64.5 Å². The molecule has 24 heavy (non-hydrogen) atoms. The highest BCUT2D eigenvalue weighted by Crippen LogP contribution is 2.50. The van der Waals surface area contributed by atoms with E-state index in [2.05, 4.69) is 80.2 Å². The Bertz CT molecular complexity index is 1160. The van der Waals surface area contributed by atoms with Gasteiger partial charge in [-0.15, -0.1) is 0 Å². The molecule has 116 valence electrons. The number of nitrogens with zero attached hydrogens (tertiary/aromatic N) is 1. The first-order chi connectivity index (χ1) is 11.7. The van der Waals surface area contributed by atoms with Crippen LogP contribution in [-0.2, 0) is 7.05 Å². The zero-order chi connectivity index (χ0) is 16.4. The summed E-state index contributed by atoms with van der Waals surface area (Å²) in [5, 5.41) is 5.45. The third-order valence-corrected chi connectivity index (χ3v) is 6.53. The lowest BCUT2D eigenvalue weighted by Gasteiger charge is -2.23. The molecule has 1 aromatic heterocycles. The van der Waals surface area contributed by atoms with Gasteiger partial charge in [0.15, 0.2) is 6.20 Å². The quantitative estimate of drug-likeness (QED) is 0.336. The van der Waals surface area contributed by atoms with E-state index in [1.165, 1.54) is 53.7 Å². The summed E-state index contributed by atoms with van der Waals surface area (Å²) in [6, 6.07) is 17.7. The highest BCUT2D eigenvalue weighted by molar-refractivity contribution is 7.99. The molecule has 0 saturated carbocycles. The SMILES string of the molecule is Cc1c2c(c(C)c3ccccc13)-c1c3c(cccc3cc[n+]1C)S2. The highest BCUT2D eigenvalue weighted by Gasteiger charge is 2.30. The predicted octanol–water partition coefficient (Wildman–Crippen LogP) is 5.57. The van der Waals surface area contributed by atoms with Crippen LogP contribution in [0.3, 0.4) is 0 Å². The fourth-order valence-corrected chi connectivity index (χ4v) is 5.34. The minimum atomic E-state index is 1.32. The maximum absolute atomic E-state index is 2.28. The van der Waals surface area contributed by atoms with Crippen molar-refractivity contribution in [2.45, 2.75) is 23.6 Å². The summed E-state index contributed by atoms with van der Waals surface area (Å²) in [6.45, 7) is 4.54. The molecule has 0 aliphatic carbocycles. The second-order valence-corrected chi connectivity index (χ2v) is 7.65. The third kappa shape index (κ3) is 1.69. The van der Waals surface area contributed by atoms with E-state index in [1.54, 1.807) is 0 Å². The van der Waals surface area contributed by atoms with E-state index in [4.69, 9.17) is 0 Å². The fourth-order valence-electron chi connectivity index (χ4n) is 4.04. The Hall–Kier alpha value is -2.32. The zero-order valence-corrected chi connectivity index (χ0v) is 14.9. The molecular formula is C22H18NS+. The van der Waals surface area contributed by atoms with E-state index in [1.807, 2.05) is 11.8 Å². The maximum atomic E-state index is 2.28. The van der Waals surface area contributed by atoms with E-state index in [0.717, 1.165) is 0 Å². The summed E-state index contributed by atoms with van der Waals surface area (Å²) in [7, 11) is 2.16. The van der Waals surface area contributed by atoms with Crippen molar-refractivity contribution < 1.29 is 4.57 Å². The fraction of sp³-hybridized carbons (Fsp3) is 0.136. The smallest absolute Gasteiger partial charge is 0.200 e. The normalized spacial score (nSPS) is 12.6. The molecule has 1 nitrogen and oxygen atoms in total. The Morgan fingerprint density at radius 2 is 1.58 bits per heavy atom.